The number of benzene rings is 1. The van der Waals surface area contributed by atoms with Gasteiger partial charge in [-0.05, 0) is 12.1 Å². The van der Waals surface area contributed by atoms with E-state index in [0.717, 1.165) is 13.3 Å². The molecule has 0 atom stereocenters. The second-order valence-electron chi connectivity index (χ2n) is 4.40. The molecule has 0 radical (unpaired) electrons. The fraction of sp³-hybridized carbons (Fsp3) is 0.143. The predicted molar refractivity (Wildman–Crippen MR) is 73.7 cm³/mol. The lowest BCUT2D eigenvalue weighted by atomic mass is 10.1. The largest absolute Gasteiger partial charge is 0.465 e. The third-order valence-corrected chi connectivity index (χ3v) is 2.87. The summed E-state index contributed by atoms with van der Waals surface area (Å²) in [6.07, 6.45) is -2.40. The lowest BCUT2D eigenvalue weighted by Crippen LogP contribution is -2.12. The molecule has 0 unspecified atom stereocenters. The fourth-order valence-corrected chi connectivity index (χ4v) is 1.83. The standard InChI is InChI=1S/C14H9F3N2O5/c1-23-13(20)9-5-12(24-8-3-2-4-18-7-8)10(14(15,16)17)6-11(9)19(21)22/h2-7H,1H3. The molecule has 0 saturated carbocycles. The van der Waals surface area contributed by atoms with Crippen LogP contribution >= 0.6 is 0 Å². The van der Waals surface area contributed by atoms with Crippen molar-refractivity contribution >= 4 is 11.7 Å². The zero-order valence-corrected chi connectivity index (χ0v) is 12.0. The summed E-state index contributed by atoms with van der Waals surface area (Å²) in [4.78, 5) is 25.2. The van der Waals surface area contributed by atoms with Crippen molar-refractivity contribution in [3.05, 3.63) is 57.9 Å². The van der Waals surface area contributed by atoms with Crippen LogP contribution in [0.2, 0.25) is 0 Å². The molecular formula is C14H9F3N2O5. The molecule has 0 bridgehead atoms. The van der Waals surface area contributed by atoms with Crippen molar-refractivity contribution in [2.45, 2.75) is 6.18 Å². The van der Waals surface area contributed by atoms with Gasteiger partial charge in [-0.3, -0.25) is 15.1 Å². The van der Waals surface area contributed by atoms with Crippen LogP contribution in [-0.4, -0.2) is 23.0 Å². The van der Waals surface area contributed by atoms with Crippen molar-refractivity contribution in [3.8, 4) is 11.5 Å². The van der Waals surface area contributed by atoms with Crippen LogP contribution < -0.4 is 4.74 Å². The van der Waals surface area contributed by atoms with Gasteiger partial charge in [0.15, 0.2) is 0 Å². The van der Waals surface area contributed by atoms with E-state index in [9.17, 15) is 28.1 Å². The lowest BCUT2D eigenvalue weighted by Gasteiger charge is -2.14. The molecule has 0 aliphatic carbocycles. The number of carbonyl (C=O) groups is 1. The summed E-state index contributed by atoms with van der Waals surface area (Å²) in [5.74, 6) is -1.97. The zero-order chi connectivity index (χ0) is 17.9. The van der Waals surface area contributed by atoms with Crippen LogP contribution in [0.15, 0.2) is 36.7 Å². The second-order valence-corrected chi connectivity index (χ2v) is 4.40. The number of ether oxygens (including phenoxy) is 2. The van der Waals surface area contributed by atoms with Crippen LogP contribution in [0.4, 0.5) is 18.9 Å². The summed E-state index contributed by atoms with van der Waals surface area (Å²) >= 11 is 0. The molecule has 0 aliphatic rings. The zero-order valence-electron chi connectivity index (χ0n) is 12.0. The van der Waals surface area contributed by atoms with Crippen LogP contribution in [0, 0.1) is 10.1 Å². The Bertz CT molecular complexity index is 778. The van der Waals surface area contributed by atoms with Crippen molar-refractivity contribution in [1.29, 1.82) is 0 Å². The third kappa shape index (κ3) is 3.59. The van der Waals surface area contributed by atoms with Crippen LogP contribution in [0.1, 0.15) is 15.9 Å². The normalized spacial score (nSPS) is 11.0. The summed E-state index contributed by atoms with van der Waals surface area (Å²) in [5, 5.41) is 11.0. The second kappa shape index (κ2) is 6.52. The number of halogens is 3. The van der Waals surface area contributed by atoms with Crippen molar-refractivity contribution in [1.82, 2.24) is 4.98 Å². The Hall–Kier alpha value is -3.17. The predicted octanol–water partition coefficient (Wildman–Crippen LogP) is 3.59. The minimum Gasteiger partial charge on any atom is -0.465 e. The number of hydrogen-bond donors (Lipinski definition) is 0. The maximum atomic E-state index is 13.2. The minimum atomic E-state index is -4.93. The molecule has 126 valence electrons. The van der Waals surface area contributed by atoms with Gasteiger partial charge in [0, 0.05) is 18.3 Å². The highest BCUT2D eigenvalue weighted by atomic mass is 19.4. The van der Waals surface area contributed by atoms with E-state index < -0.39 is 39.6 Å². The van der Waals surface area contributed by atoms with Gasteiger partial charge in [0.2, 0.25) is 0 Å². The van der Waals surface area contributed by atoms with Gasteiger partial charge in [-0.2, -0.15) is 13.2 Å². The molecular weight excluding hydrogens is 333 g/mol. The molecule has 2 aromatic rings. The highest BCUT2D eigenvalue weighted by Crippen LogP contribution is 2.41. The molecule has 10 heteroatoms. The highest BCUT2D eigenvalue weighted by Gasteiger charge is 2.38. The molecule has 1 heterocycles. The molecule has 1 aromatic carbocycles. The first-order valence-electron chi connectivity index (χ1n) is 6.30. The summed E-state index contributed by atoms with van der Waals surface area (Å²) in [6, 6.07) is 3.62. The first-order valence-corrected chi connectivity index (χ1v) is 6.30. The summed E-state index contributed by atoms with van der Waals surface area (Å²) < 4.78 is 49.0. The summed E-state index contributed by atoms with van der Waals surface area (Å²) in [6.45, 7) is 0. The Labute approximate surface area is 132 Å². The molecule has 7 nitrogen and oxygen atoms in total. The molecule has 0 N–H and O–H groups in total. The molecule has 0 amide bonds. The average Bonchev–Trinajstić information content (AvgIpc) is 2.53. The molecule has 0 spiro atoms. The van der Waals surface area contributed by atoms with E-state index in [1.54, 1.807) is 0 Å². The number of nitrogens with zero attached hydrogens (tertiary/aromatic N) is 2. The molecule has 24 heavy (non-hydrogen) atoms. The molecule has 2 rings (SSSR count). The fourth-order valence-electron chi connectivity index (χ4n) is 1.83. The van der Waals surface area contributed by atoms with E-state index in [0.29, 0.717) is 6.07 Å². The number of methoxy groups -OCH3 is 1. The molecule has 1 aromatic heterocycles. The lowest BCUT2D eigenvalue weighted by molar-refractivity contribution is -0.385. The Kier molecular flexibility index (Phi) is 4.67. The van der Waals surface area contributed by atoms with Gasteiger partial charge >= 0.3 is 12.1 Å². The van der Waals surface area contributed by atoms with Crippen LogP contribution in [0.5, 0.6) is 11.5 Å². The summed E-state index contributed by atoms with van der Waals surface area (Å²) in [7, 11) is 0.950. The van der Waals surface area contributed by atoms with Gasteiger partial charge in [0.25, 0.3) is 5.69 Å². The molecule has 0 aliphatic heterocycles. The Morgan fingerprint density at radius 3 is 2.54 bits per heavy atom. The molecule has 0 saturated heterocycles. The van der Waals surface area contributed by atoms with Gasteiger partial charge in [-0.15, -0.1) is 0 Å². The van der Waals surface area contributed by atoms with Gasteiger partial charge in [0.05, 0.1) is 18.2 Å². The van der Waals surface area contributed by atoms with Crippen molar-refractivity contribution in [2.24, 2.45) is 0 Å². The van der Waals surface area contributed by atoms with Crippen LogP contribution in [0.3, 0.4) is 0 Å². The SMILES string of the molecule is COC(=O)c1cc(Oc2cccnc2)c(C(F)(F)F)cc1[N+](=O)[O-]. The highest BCUT2D eigenvalue weighted by molar-refractivity contribution is 5.94. The number of hydrogen-bond acceptors (Lipinski definition) is 6. The Morgan fingerprint density at radius 2 is 2.04 bits per heavy atom. The molecule has 0 fully saturated rings. The topological polar surface area (TPSA) is 91.6 Å². The summed E-state index contributed by atoms with van der Waals surface area (Å²) in [5.41, 5.74) is -3.09. The number of rotatable bonds is 4. The van der Waals surface area contributed by atoms with Gasteiger partial charge < -0.3 is 9.47 Å². The maximum Gasteiger partial charge on any atom is 0.420 e. The van der Waals surface area contributed by atoms with E-state index in [-0.39, 0.29) is 11.8 Å². The van der Waals surface area contributed by atoms with E-state index in [2.05, 4.69) is 9.72 Å². The van der Waals surface area contributed by atoms with E-state index in [1.807, 2.05) is 0 Å². The number of aromatic nitrogens is 1. The van der Waals surface area contributed by atoms with E-state index in [4.69, 9.17) is 4.74 Å². The number of nitro benzene ring substituents is 1. The van der Waals surface area contributed by atoms with Crippen molar-refractivity contribution in [3.63, 3.8) is 0 Å². The van der Waals surface area contributed by atoms with Crippen molar-refractivity contribution < 1.29 is 32.4 Å². The number of carbonyl (C=O) groups excluding carboxylic acids is 1. The third-order valence-electron chi connectivity index (χ3n) is 2.87. The smallest absolute Gasteiger partial charge is 0.420 e. The van der Waals surface area contributed by atoms with Gasteiger partial charge in [0.1, 0.15) is 22.6 Å². The van der Waals surface area contributed by atoms with Crippen LogP contribution in [-0.2, 0) is 10.9 Å². The monoisotopic (exact) mass is 342 g/mol. The Morgan fingerprint density at radius 1 is 1.33 bits per heavy atom. The first-order chi connectivity index (χ1) is 11.2. The Balaban J connectivity index is 2.66. The maximum absolute atomic E-state index is 13.2. The number of pyridine rings is 1. The number of esters is 1. The average molecular weight is 342 g/mol. The quantitative estimate of drug-likeness (QED) is 0.479. The van der Waals surface area contributed by atoms with E-state index >= 15 is 0 Å². The van der Waals surface area contributed by atoms with Gasteiger partial charge in [-0.25, -0.2) is 4.79 Å². The first kappa shape index (κ1) is 17.2. The van der Waals surface area contributed by atoms with Gasteiger partial charge in [-0.1, -0.05) is 0 Å². The number of alkyl halides is 3. The van der Waals surface area contributed by atoms with Crippen molar-refractivity contribution in [2.75, 3.05) is 7.11 Å². The minimum absolute atomic E-state index is 0.0346. The van der Waals surface area contributed by atoms with Crippen LogP contribution in [0.25, 0.3) is 0 Å². The number of nitro groups is 1. The van der Waals surface area contributed by atoms with E-state index in [1.165, 1.54) is 18.3 Å².